The summed E-state index contributed by atoms with van der Waals surface area (Å²) in [7, 11) is 0. The summed E-state index contributed by atoms with van der Waals surface area (Å²) in [5.74, 6) is -0.831. The van der Waals surface area contributed by atoms with Gasteiger partial charge in [0.25, 0.3) is 0 Å². The van der Waals surface area contributed by atoms with Gasteiger partial charge < -0.3 is 5.11 Å². The molecule has 0 atom stereocenters. The SMILES string of the molecule is CC(C)(C(=O)O)c1ccc(N2C(=O)CSCC2=O)cc1. The molecule has 106 valence electrons. The van der Waals surface area contributed by atoms with Crippen molar-refractivity contribution >= 4 is 35.2 Å². The van der Waals surface area contributed by atoms with Gasteiger partial charge in [-0.2, -0.15) is 0 Å². The van der Waals surface area contributed by atoms with E-state index >= 15 is 0 Å². The molecule has 1 fully saturated rings. The van der Waals surface area contributed by atoms with Crippen LogP contribution in [0.1, 0.15) is 19.4 Å². The van der Waals surface area contributed by atoms with E-state index in [1.54, 1.807) is 38.1 Å². The van der Waals surface area contributed by atoms with E-state index in [4.69, 9.17) is 0 Å². The van der Waals surface area contributed by atoms with Gasteiger partial charge >= 0.3 is 5.97 Å². The average molecular weight is 293 g/mol. The Morgan fingerprint density at radius 1 is 1.15 bits per heavy atom. The lowest BCUT2D eigenvalue weighted by Crippen LogP contribution is -2.43. The van der Waals surface area contributed by atoms with Crippen LogP contribution in [0.2, 0.25) is 0 Å². The lowest BCUT2D eigenvalue weighted by Gasteiger charge is -2.26. The molecule has 2 amide bonds. The summed E-state index contributed by atoms with van der Waals surface area (Å²) in [4.78, 5) is 35.9. The summed E-state index contributed by atoms with van der Waals surface area (Å²) in [6.45, 7) is 3.22. The predicted octanol–water partition coefficient (Wildman–Crippen LogP) is 1.66. The quantitative estimate of drug-likeness (QED) is 0.858. The van der Waals surface area contributed by atoms with Crippen LogP contribution in [0, 0.1) is 0 Å². The first-order valence-corrected chi connectivity index (χ1v) is 7.27. The number of anilines is 1. The summed E-state index contributed by atoms with van der Waals surface area (Å²) in [6.07, 6.45) is 0. The van der Waals surface area contributed by atoms with Gasteiger partial charge in [0.1, 0.15) is 0 Å². The second-order valence-electron chi connectivity index (χ2n) is 5.09. The summed E-state index contributed by atoms with van der Waals surface area (Å²) in [5, 5.41) is 9.18. The fraction of sp³-hybridized carbons (Fsp3) is 0.357. The number of nitrogens with zero attached hydrogens (tertiary/aromatic N) is 1. The van der Waals surface area contributed by atoms with Crippen molar-refractivity contribution in [3.8, 4) is 0 Å². The molecule has 0 aliphatic carbocycles. The molecule has 1 heterocycles. The van der Waals surface area contributed by atoms with Gasteiger partial charge in [-0.05, 0) is 31.5 Å². The van der Waals surface area contributed by atoms with Gasteiger partial charge in [-0.3, -0.25) is 14.4 Å². The molecule has 1 aliphatic heterocycles. The zero-order valence-electron chi connectivity index (χ0n) is 11.3. The van der Waals surface area contributed by atoms with E-state index in [1.165, 1.54) is 11.8 Å². The number of benzene rings is 1. The third kappa shape index (κ3) is 2.56. The molecule has 20 heavy (non-hydrogen) atoms. The largest absolute Gasteiger partial charge is 0.481 e. The molecule has 2 rings (SSSR count). The minimum Gasteiger partial charge on any atom is -0.481 e. The van der Waals surface area contributed by atoms with Crippen LogP contribution >= 0.6 is 11.8 Å². The molecule has 0 spiro atoms. The van der Waals surface area contributed by atoms with Crippen LogP contribution in [0.15, 0.2) is 24.3 Å². The molecular weight excluding hydrogens is 278 g/mol. The van der Waals surface area contributed by atoms with Gasteiger partial charge in [-0.15, -0.1) is 11.8 Å². The van der Waals surface area contributed by atoms with Crippen molar-refractivity contribution in [1.29, 1.82) is 0 Å². The second kappa shape index (κ2) is 5.28. The van der Waals surface area contributed by atoms with Crippen molar-refractivity contribution in [3.63, 3.8) is 0 Å². The lowest BCUT2D eigenvalue weighted by atomic mass is 9.85. The summed E-state index contributed by atoms with van der Waals surface area (Å²) in [5.41, 5.74) is 0.106. The van der Waals surface area contributed by atoms with E-state index in [2.05, 4.69) is 0 Å². The Bertz CT molecular complexity index is 549. The number of hydrogen-bond acceptors (Lipinski definition) is 4. The first-order valence-electron chi connectivity index (χ1n) is 6.11. The van der Waals surface area contributed by atoms with Crippen molar-refractivity contribution in [2.45, 2.75) is 19.3 Å². The average Bonchev–Trinajstić information content (AvgIpc) is 2.39. The molecule has 0 bridgehead atoms. The highest BCUT2D eigenvalue weighted by atomic mass is 32.2. The number of carboxylic acid groups (broad SMARTS) is 1. The Morgan fingerprint density at radius 2 is 1.65 bits per heavy atom. The Morgan fingerprint density at radius 3 is 2.10 bits per heavy atom. The third-order valence-corrected chi connectivity index (χ3v) is 4.23. The van der Waals surface area contributed by atoms with E-state index in [0.29, 0.717) is 11.3 Å². The van der Waals surface area contributed by atoms with E-state index in [1.807, 2.05) is 0 Å². The molecule has 0 aromatic heterocycles. The van der Waals surface area contributed by atoms with Crippen LogP contribution in [0.4, 0.5) is 5.69 Å². The molecule has 1 aromatic rings. The Hall–Kier alpha value is -1.82. The summed E-state index contributed by atoms with van der Waals surface area (Å²) < 4.78 is 0. The second-order valence-corrected chi connectivity index (χ2v) is 6.08. The molecule has 6 heteroatoms. The predicted molar refractivity (Wildman–Crippen MR) is 76.9 cm³/mol. The molecule has 0 radical (unpaired) electrons. The summed E-state index contributed by atoms with van der Waals surface area (Å²) in [6, 6.07) is 6.52. The van der Waals surface area contributed by atoms with Gasteiger partial charge in [0.2, 0.25) is 11.8 Å². The standard InChI is InChI=1S/C14H15NO4S/c1-14(2,13(18)19)9-3-5-10(6-4-9)15-11(16)7-20-8-12(15)17/h3-6H,7-8H2,1-2H3,(H,18,19). The van der Waals surface area contributed by atoms with Crippen LogP contribution in [0.5, 0.6) is 0 Å². The van der Waals surface area contributed by atoms with E-state index in [-0.39, 0.29) is 23.3 Å². The maximum atomic E-state index is 11.8. The maximum Gasteiger partial charge on any atom is 0.313 e. The minimum atomic E-state index is -1.01. The van der Waals surface area contributed by atoms with Crippen LogP contribution in [-0.4, -0.2) is 34.4 Å². The number of amides is 2. The molecule has 5 nitrogen and oxygen atoms in total. The zero-order chi connectivity index (χ0) is 14.9. The van der Waals surface area contributed by atoms with Crippen LogP contribution < -0.4 is 4.90 Å². The monoisotopic (exact) mass is 293 g/mol. The minimum absolute atomic E-state index is 0.239. The van der Waals surface area contributed by atoms with Crippen LogP contribution in [0.3, 0.4) is 0 Å². The van der Waals surface area contributed by atoms with Gasteiger partial charge in [0.15, 0.2) is 0 Å². The Kier molecular flexibility index (Phi) is 3.85. The van der Waals surface area contributed by atoms with E-state index in [0.717, 1.165) is 4.90 Å². The molecule has 0 saturated carbocycles. The molecule has 1 aromatic carbocycles. The molecule has 1 aliphatic rings. The molecule has 1 saturated heterocycles. The van der Waals surface area contributed by atoms with Crippen LogP contribution in [-0.2, 0) is 19.8 Å². The van der Waals surface area contributed by atoms with E-state index in [9.17, 15) is 19.5 Å². The first kappa shape index (κ1) is 14.6. The van der Waals surface area contributed by atoms with Gasteiger partial charge in [0.05, 0.1) is 22.6 Å². The number of carboxylic acids is 1. The molecule has 0 unspecified atom stereocenters. The fourth-order valence-corrected chi connectivity index (χ4v) is 2.64. The molecule has 1 N–H and O–H groups in total. The van der Waals surface area contributed by atoms with Crippen molar-refractivity contribution in [2.75, 3.05) is 16.4 Å². The first-order chi connectivity index (χ1) is 9.34. The normalized spacial score (nSPS) is 16.4. The third-order valence-electron chi connectivity index (χ3n) is 3.33. The van der Waals surface area contributed by atoms with E-state index < -0.39 is 11.4 Å². The lowest BCUT2D eigenvalue weighted by molar-refractivity contribution is -0.142. The maximum absolute atomic E-state index is 11.8. The summed E-state index contributed by atoms with van der Waals surface area (Å²) >= 11 is 1.30. The van der Waals surface area contributed by atoms with Crippen molar-refractivity contribution in [2.24, 2.45) is 0 Å². The Balaban J connectivity index is 2.30. The van der Waals surface area contributed by atoms with Gasteiger partial charge in [-0.25, -0.2) is 4.90 Å². The number of rotatable bonds is 3. The highest BCUT2D eigenvalue weighted by Crippen LogP contribution is 2.27. The van der Waals surface area contributed by atoms with Crippen molar-refractivity contribution in [3.05, 3.63) is 29.8 Å². The van der Waals surface area contributed by atoms with Gasteiger partial charge in [0, 0.05) is 0 Å². The number of hydrogen-bond donors (Lipinski definition) is 1. The molecular formula is C14H15NO4S. The van der Waals surface area contributed by atoms with Crippen molar-refractivity contribution in [1.82, 2.24) is 0 Å². The highest BCUT2D eigenvalue weighted by Gasteiger charge is 2.31. The van der Waals surface area contributed by atoms with Crippen molar-refractivity contribution < 1.29 is 19.5 Å². The fourth-order valence-electron chi connectivity index (χ4n) is 1.93. The number of thioether (sulfide) groups is 1. The smallest absolute Gasteiger partial charge is 0.313 e. The highest BCUT2D eigenvalue weighted by molar-refractivity contribution is 8.00. The van der Waals surface area contributed by atoms with Gasteiger partial charge in [-0.1, -0.05) is 12.1 Å². The number of aliphatic carboxylic acids is 1. The number of carbonyl (C=O) groups excluding carboxylic acids is 2. The van der Waals surface area contributed by atoms with Crippen LogP contribution in [0.25, 0.3) is 0 Å². The number of imide groups is 1. The topological polar surface area (TPSA) is 74.7 Å². The number of carbonyl (C=O) groups is 3. The zero-order valence-corrected chi connectivity index (χ0v) is 12.1. The Labute approximate surface area is 121 Å².